The number of hydrogen-bond acceptors (Lipinski definition) is 4. The zero-order valence-corrected chi connectivity index (χ0v) is 12.6. The number of aryl methyl sites for hydroxylation is 2. The molecule has 112 valence electrons. The van der Waals surface area contributed by atoms with Gasteiger partial charge in [-0.15, -0.1) is 0 Å². The first-order valence-corrected chi connectivity index (χ1v) is 6.55. The third kappa shape index (κ3) is 2.84. The number of methoxy groups -OCH3 is 1. The molecule has 6 heteroatoms. The summed E-state index contributed by atoms with van der Waals surface area (Å²) in [5.41, 5.74) is 1.72. The Morgan fingerprint density at radius 1 is 1.43 bits per heavy atom. The second kappa shape index (κ2) is 5.87. The number of benzene rings is 1. The molecule has 21 heavy (non-hydrogen) atoms. The van der Waals surface area contributed by atoms with Crippen molar-refractivity contribution in [2.45, 2.75) is 13.5 Å². The Hall–Kier alpha value is -2.50. The third-order valence-electron chi connectivity index (χ3n) is 3.37. The standard InChI is InChI=1S/C15H19N3O3/c1-10-13(15(19)20)14(18(3)16-10)17(2)9-11-7-5-6-8-12(11)21-4/h5-8H,9H2,1-4H3,(H,19,20). The highest BCUT2D eigenvalue weighted by Crippen LogP contribution is 2.26. The molecule has 1 N–H and O–H groups in total. The lowest BCUT2D eigenvalue weighted by Crippen LogP contribution is -2.22. The van der Waals surface area contributed by atoms with Crippen LogP contribution in [0.4, 0.5) is 5.82 Å². The summed E-state index contributed by atoms with van der Waals surface area (Å²) in [4.78, 5) is 13.3. The van der Waals surface area contributed by atoms with Gasteiger partial charge in [-0.2, -0.15) is 5.10 Å². The lowest BCUT2D eigenvalue weighted by molar-refractivity contribution is 0.0696. The smallest absolute Gasteiger partial charge is 0.341 e. The van der Waals surface area contributed by atoms with Crippen LogP contribution in [-0.2, 0) is 13.6 Å². The summed E-state index contributed by atoms with van der Waals surface area (Å²) in [5, 5.41) is 13.6. The number of carbonyl (C=O) groups is 1. The molecule has 0 fully saturated rings. The molecule has 0 radical (unpaired) electrons. The molecular weight excluding hydrogens is 270 g/mol. The van der Waals surface area contributed by atoms with E-state index in [0.717, 1.165) is 11.3 Å². The molecule has 0 atom stereocenters. The van der Waals surface area contributed by atoms with Gasteiger partial charge in [0.25, 0.3) is 0 Å². The third-order valence-corrected chi connectivity index (χ3v) is 3.37. The number of anilines is 1. The van der Waals surface area contributed by atoms with Crippen LogP contribution in [0.5, 0.6) is 5.75 Å². The summed E-state index contributed by atoms with van der Waals surface area (Å²) < 4.78 is 6.92. The van der Waals surface area contributed by atoms with Crippen LogP contribution in [0, 0.1) is 6.92 Å². The molecular formula is C15H19N3O3. The number of hydrogen-bond donors (Lipinski definition) is 1. The Balaban J connectivity index is 2.37. The van der Waals surface area contributed by atoms with Crippen LogP contribution in [0.15, 0.2) is 24.3 Å². The van der Waals surface area contributed by atoms with Gasteiger partial charge in [0.15, 0.2) is 0 Å². The van der Waals surface area contributed by atoms with Gasteiger partial charge in [-0.3, -0.25) is 4.68 Å². The number of aromatic nitrogens is 2. The van der Waals surface area contributed by atoms with Crippen LogP contribution >= 0.6 is 0 Å². The van der Waals surface area contributed by atoms with Crippen molar-refractivity contribution >= 4 is 11.8 Å². The van der Waals surface area contributed by atoms with Crippen LogP contribution in [0.1, 0.15) is 21.6 Å². The minimum Gasteiger partial charge on any atom is -0.496 e. The van der Waals surface area contributed by atoms with Crippen molar-refractivity contribution in [2.75, 3.05) is 19.1 Å². The first-order chi connectivity index (χ1) is 9.95. The number of carboxylic acid groups (broad SMARTS) is 1. The molecule has 0 aliphatic rings. The molecule has 1 heterocycles. The second-order valence-corrected chi connectivity index (χ2v) is 4.88. The quantitative estimate of drug-likeness (QED) is 0.912. The molecule has 0 saturated heterocycles. The lowest BCUT2D eigenvalue weighted by atomic mass is 10.1. The molecule has 0 aliphatic carbocycles. The molecule has 2 rings (SSSR count). The maximum atomic E-state index is 11.4. The minimum atomic E-state index is -0.970. The van der Waals surface area contributed by atoms with Gasteiger partial charge in [0, 0.05) is 26.2 Å². The SMILES string of the molecule is COc1ccccc1CN(C)c1c(C(=O)O)c(C)nn1C. The van der Waals surface area contributed by atoms with E-state index in [0.29, 0.717) is 18.1 Å². The number of aromatic carboxylic acids is 1. The van der Waals surface area contributed by atoms with E-state index in [1.54, 1.807) is 25.8 Å². The fraction of sp³-hybridized carbons (Fsp3) is 0.333. The Morgan fingerprint density at radius 2 is 2.10 bits per heavy atom. The number of carboxylic acids is 1. The van der Waals surface area contributed by atoms with Gasteiger partial charge in [0.2, 0.25) is 0 Å². The molecule has 0 spiro atoms. The van der Waals surface area contributed by atoms with Crippen LogP contribution in [-0.4, -0.2) is 35.0 Å². The van der Waals surface area contributed by atoms with Gasteiger partial charge in [0.05, 0.1) is 12.8 Å². The van der Waals surface area contributed by atoms with Crippen LogP contribution in [0.25, 0.3) is 0 Å². The van der Waals surface area contributed by atoms with Gasteiger partial charge in [-0.25, -0.2) is 4.79 Å². The van der Waals surface area contributed by atoms with E-state index in [2.05, 4.69) is 5.10 Å². The zero-order valence-electron chi connectivity index (χ0n) is 12.6. The van der Waals surface area contributed by atoms with Crippen molar-refractivity contribution in [3.8, 4) is 5.75 Å². The van der Waals surface area contributed by atoms with Gasteiger partial charge in [0.1, 0.15) is 17.1 Å². The molecule has 0 bridgehead atoms. The van der Waals surface area contributed by atoms with Gasteiger partial charge in [-0.05, 0) is 13.0 Å². The Morgan fingerprint density at radius 3 is 2.71 bits per heavy atom. The van der Waals surface area contributed by atoms with Crippen LogP contribution in [0.3, 0.4) is 0 Å². The highest BCUT2D eigenvalue weighted by molar-refractivity contribution is 5.94. The molecule has 0 amide bonds. The van der Waals surface area contributed by atoms with E-state index in [4.69, 9.17) is 4.74 Å². The normalized spacial score (nSPS) is 10.5. The number of rotatable bonds is 5. The van der Waals surface area contributed by atoms with Gasteiger partial charge >= 0.3 is 5.97 Å². The van der Waals surface area contributed by atoms with E-state index in [1.807, 2.05) is 36.2 Å². The largest absolute Gasteiger partial charge is 0.496 e. The first kappa shape index (κ1) is 14.9. The summed E-state index contributed by atoms with van der Waals surface area (Å²) in [6, 6.07) is 7.67. The van der Waals surface area contributed by atoms with Crippen molar-refractivity contribution in [1.82, 2.24) is 9.78 Å². The summed E-state index contributed by atoms with van der Waals surface area (Å²) in [6.45, 7) is 2.23. The number of para-hydroxylation sites is 1. The summed E-state index contributed by atoms with van der Waals surface area (Å²) in [7, 11) is 5.21. The van der Waals surface area contributed by atoms with E-state index in [1.165, 1.54) is 0 Å². The Kier molecular flexibility index (Phi) is 4.16. The molecule has 6 nitrogen and oxygen atoms in total. The van der Waals surface area contributed by atoms with Gasteiger partial charge in [-0.1, -0.05) is 18.2 Å². The number of ether oxygens (including phenoxy) is 1. The molecule has 0 unspecified atom stereocenters. The average Bonchev–Trinajstić information content (AvgIpc) is 2.74. The average molecular weight is 289 g/mol. The Bertz CT molecular complexity index is 664. The van der Waals surface area contributed by atoms with Crippen molar-refractivity contribution in [2.24, 2.45) is 7.05 Å². The predicted molar refractivity (Wildman–Crippen MR) is 80.0 cm³/mol. The fourth-order valence-corrected chi connectivity index (χ4v) is 2.50. The highest BCUT2D eigenvalue weighted by atomic mass is 16.5. The second-order valence-electron chi connectivity index (χ2n) is 4.88. The monoisotopic (exact) mass is 289 g/mol. The molecule has 1 aromatic heterocycles. The lowest BCUT2D eigenvalue weighted by Gasteiger charge is -2.21. The van der Waals surface area contributed by atoms with Crippen molar-refractivity contribution in [1.29, 1.82) is 0 Å². The number of nitrogens with zero attached hydrogens (tertiary/aromatic N) is 3. The van der Waals surface area contributed by atoms with Crippen LogP contribution in [0.2, 0.25) is 0 Å². The first-order valence-electron chi connectivity index (χ1n) is 6.55. The summed E-state index contributed by atoms with van der Waals surface area (Å²) in [5.74, 6) is 0.383. The predicted octanol–water partition coefficient (Wildman–Crippen LogP) is 2.07. The highest BCUT2D eigenvalue weighted by Gasteiger charge is 2.23. The van der Waals surface area contributed by atoms with Gasteiger partial charge < -0.3 is 14.7 Å². The molecule has 0 saturated carbocycles. The van der Waals surface area contributed by atoms with Crippen molar-refractivity contribution in [3.05, 3.63) is 41.1 Å². The topological polar surface area (TPSA) is 67.6 Å². The van der Waals surface area contributed by atoms with E-state index < -0.39 is 5.97 Å². The van der Waals surface area contributed by atoms with E-state index in [-0.39, 0.29) is 5.56 Å². The maximum Gasteiger partial charge on any atom is 0.341 e. The molecule has 0 aliphatic heterocycles. The fourth-order valence-electron chi connectivity index (χ4n) is 2.50. The van der Waals surface area contributed by atoms with Crippen molar-refractivity contribution in [3.63, 3.8) is 0 Å². The summed E-state index contributed by atoms with van der Waals surface area (Å²) in [6.07, 6.45) is 0. The van der Waals surface area contributed by atoms with E-state index in [9.17, 15) is 9.90 Å². The van der Waals surface area contributed by atoms with Crippen LogP contribution < -0.4 is 9.64 Å². The maximum absolute atomic E-state index is 11.4. The minimum absolute atomic E-state index is 0.231. The summed E-state index contributed by atoms with van der Waals surface area (Å²) >= 11 is 0. The van der Waals surface area contributed by atoms with E-state index >= 15 is 0 Å². The molecule has 2 aromatic rings. The Labute approximate surface area is 123 Å². The zero-order chi connectivity index (χ0) is 15.6. The molecule has 1 aromatic carbocycles. The van der Waals surface area contributed by atoms with Crippen molar-refractivity contribution < 1.29 is 14.6 Å².